The average molecular weight is 278 g/mol. The van der Waals surface area contributed by atoms with Gasteiger partial charge in [0.05, 0.1) is 24.4 Å². The van der Waals surface area contributed by atoms with Crippen molar-refractivity contribution in [2.24, 2.45) is 0 Å². The minimum Gasteiger partial charge on any atom is -0.389 e. The molecule has 0 bridgehead atoms. The van der Waals surface area contributed by atoms with Gasteiger partial charge in [-0.2, -0.15) is 0 Å². The summed E-state index contributed by atoms with van der Waals surface area (Å²) in [4.78, 5) is 0. The van der Waals surface area contributed by atoms with E-state index in [0.717, 1.165) is 38.8 Å². The predicted molar refractivity (Wildman–Crippen MR) is 80.4 cm³/mol. The number of hydrogen-bond donors (Lipinski definition) is 2. The molecule has 0 aromatic heterocycles. The Kier molecular flexibility index (Phi) is 5.19. The lowest BCUT2D eigenvalue weighted by atomic mass is 9.80. The fourth-order valence-corrected chi connectivity index (χ4v) is 3.02. The lowest BCUT2D eigenvalue weighted by Crippen LogP contribution is -2.83. The van der Waals surface area contributed by atoms with Crippen LogP contribution in [0.3, 0.4) is 0 Å². The lowest BCUT2D eigenvalue weighted by Gasteiger charge is -2.42. The minimum absolute atomic E-state index is 0.146. The van der Waals surface area contributed by atoms with Crippen LogP contribution in [0.5, 0.6) is 0 Å². The molecule has 3 nitrogen and oxygen atoms in total. The van der Waals surface area contributed by atoms with Crippen molar-refractivity contribution in [1.29, 1.82) is 0 Å². The normalized spacial score (nSPS) is 30.4. The molecule has 0 unspecified atom stereocenters. The third kappa shape index (κ3) is 4.30. The highest BCUT2D eigenvalue weighted by atomic mass is 16.5. The molecule has 0 amide bonds. The van der Waals surface area contributed by atoms with Crippen LogP contribution < -0.4 is 5.32 Å². The standard InChI is InChI=1S/C17H27NO2/c1-3-16(2)14-17(19,10-12-20-16)9-11-18-13-15-7-5-4-6-8-15/h4-8,18-19H,3,9-14H2,1-2H3/p+1/t16-,17-/m1/s1. The number of benzene rings is 1. The fourth-order valence-electron chi connectivity index (χ4n) is 3.02. The van der Waals surface area contributed by atoms with Crippen LogP contribution >= 0.6 is 0 Å². The highest BCUT2D eigenvalue weighted by molar-refractivity contribution is 5.12. The van der Waals surface area contributed by atoms with E-state index in [1.807, 2.05) is 6.07 Å². The fraction of sp³-hybridized carbons (Fsp3) is 0.647. The molecule has 112 valence electrons. The Morgan fingerprint density at radius 2 is 2.05 bits per heavy atom. The smallest absolute Gasteiger partial charge is 0.101 e. The van der Waals surface area contributed by atoms with E-state index < -0.39 is 5.60 Å². The molecule has 1 aromatic rings. The topological polar surface area (TPSA) is 46.1 Å². The quantitative estimate of drug-likeness (QED) is 0.780. The van der Waals surface area contributed by atoms with Gasteiger partial charge in [0.2, 0.25) is 0 Å². The molecule has 1 aromatic carbocycles. The first-order chi connectivity index (χ1) is 9.55. The van der Waals surface area contributed by atoms with E-state index in [1.165, 1.54) is 5.56 Å². The van der Waals surface area contributed by atoms with Crippen LogP contribution in [0.2, 0.25) is 0 Å². The average Bonchev–Trinajstić information content (AvgIpc) is 2.45. The summed E-state index contributed by atoms with van der Waals surface area (Å²) in [6.07, 6.45) is 3.33. The third-order valence-corrected chi connectivity index (χ3v) is 4.51. The molecule has 20 heavy (non-hydrogen) atoms. The molecule has 2 atom stereocenters. The van der Waals surface area contributed by atoms with Crippen molar-refractivity contribution in [2.75, 3.05) is 13.2 Å². The van der Waals surface area contributed by atoms with E-state index in [0.29, 0.717) is 6.61 Å². The first kappa shape index (κ1) is 15.5. The van der Waals surface area contributed by atoms with Gasteiger partial charge in [0, 0.05) is 18.4 Å². The molecule has 1 fully saturated rings. The summed E-state index contributed by atoms with van der Waals surface area (Å²) in [5.41, 5.74) is 0.646. The molecule has 0 saturated carbocycles. The number of hydrogen-bond acceptors (Lipinski definition) is 2. The van der Waals surface area contributed by atoms with Gasteiger partial charge in [-0.3, -0.25) is 0 Å². The zero-order valence-electron chi connectivity index (χ0n) is 12.8. The maximum absolute atomic E-state index is 10.7. The van der Waals surface area contributed by atoms with Crippen LogP contribution in [0.25, 0.3) is 0 Å². The second kappa shape index (κ2) is 6.70. The van der Waals surface area contributed by atoms with Gasteiger partial charge >= 0.3 is 0 Å². The van der Waals surface area contributed by atoms with Gasteiger partial charge in [-0.25, -0.2) is 0 Å². The Morgan fingerprint density at radius 3 is 2.75 bits per heavy atom. The molecular formula is C17H28NO2+. The highest BCUT2D eigenvalue weighted by Crippen LogP contribution is 2.35. The van der Waals surface area contributed by atoms with E-state index in [2.05, 4.69) is 43.4 Å². The first-order valence-corrected chi connectivity index (χ1v) is 7.77. The molecule has 1 saturated heterocycles. The Balaban J connectivity index is 1.75. The van der Waals surface area contributed by atoms with Crippen LogP contribution in [-0.2, 0) is 11.3 Å². The SMILES string of the molecule is CC[C@]1(C)C[C@@](O)(CC[NH2+]Cc2ccccc2)CCO1. The van der Waals surface area contributed by atoms with Crippen molar-refractivity contribution in [3.63, 3.8) is 0 Å². The van der Waals surface area contributed by atoms with Crippen LogP contribution in [0.4, 0.5) is 0 Å². The van der Waals surface area contributed by atoms with E-state index in [4.69, 9.17) is 4.74 Å². The number of rotatable bonds is 6. The van der Waals surface area contributed by atoms with E-state index in [1.54, 1.807) is 0 Å². The molecule has 0 spiro atoms. The number of aliphatic hydroxyl groups is 1. The van der Waals surface area contributed by atoms with Gasteiger partial charge in [0.1, 0.15) is 6.54 Å². The van der Waals surface area contributed by atoms with Crippen LogP contribution in [-0.4, -0.2) is 29.5 Å². The first-order valence-electron chi connectivity index (χ1n) is 7.77. The molecule has 0 radical (unpaired) electrons. The molecule has 0 aliphatic carbocycles. The van der Waals surface area contributed by atoms with Crippen molar-refractivity contribution in [1.82, 2.24) is 0 Å². The summed E-state index contributed by atoms with van der Waals surface area (Å²) in [5.74, 6) is 0. The number of quaternary nitrogens is 1. The van der Waals surface area contributed by atoms with Crippen LogP contribution in [0.15, 0.2) is 30.3 Å². The van der Waals surface area contributed by atoms with E-state index in [9.17, 15) is 5.11 Å². The van der Waals surface area contributed by atoms with Gasteiger partial charge in [-0.05, 0) is 19.8 Å². The zero-order chi connectivity index (χ0) is 14.5. The molecule has 1 aliphatic heterocycles. The summed E-state index contributed by atoms with van der Waals surface area (Å²) >= 11 is 0. The summed E-state index contributed by atoms with van der Waals surface area (Å²) in [7, 11) is 0. The molecule has 1 heterocycles. The van der Waals surface area contributed by atoms with Gasteiger partial charge in [0.15, 0.2) is 0 Å². The van der Waals surface area contributed by atoms with Crippen molar-refractivity contribution < 1.29 is 15.2 Å². The predicted octanol–water partition coefficient (Wildman–Crippen LogP) is 1.85. The van der Waals surface area contributed by atoms with Gasteiger partial charge in [0.25, 0.3) is 0 Å². The molecular weight excluding hydrogens is 250 g/mol. The highest BCUT2D eigenvalue weighted by Gasteiger charge is 2.40. The Bertz CT molecular complexity index is 409. The van der Waals surface area contributed by atoms with Crippen molar-refractivity contribution >= 4 is 0 Å². The second-order valence-corrected chi connectivity index (χ2v) is 6.32. The maximum Gasteiger partial charge on any atom is 0.101 e. The Morgan fingerprint density at radius 1 is 1.30 bits per heavy atom. The summed E-state index contributed by atoms with van der Waals surface area (Å²) < 4.78 is 5.82. The molecule has 3 heteroatoms. The van der Waals surface area contributed by atoms with Crippen LogP contribution in [0, 0.1) is 0 Å². The summed E-state index contributed by atoms with van der Waals surface area (Å²) in [6, 6.07) is 10.5. The molecule has 2 rings (SSSR count). The lowest BCUT2D eigenvalue weighted by molar-refractivity contribution is -0.672. The third-order valence-electron chi connectivity index (χ3n) is 4.51. The second-order valence-electron chi connectivity index (χ2n) is 6.32. The monoisotopic (exact) mass is 278 g/mol. The van der Waals surface area contributed by atoms with Crippen molar-refractivity contribution in [3.05, 3.63) is 35.9 Å². The van der Waals surface area contributed by atoms with Gasteiger partial charge < -0.3 is 15.2 Å². The minimum atomic E-state index is -0.545. The molecule has 1 aliphatic rings. The molecule has 3 N–H and O–H groups in total. The summed E-state index contributed by atoms with van der Waals surface area (Å²) in [5, 5.41) is 13.0. The zero-order valence-corrected chi connectivity index (χ0v) is 12.8. The van der Waals surface area contributed by atoms with E-state index >= 15 is 0 Å². The number of ether oxygens (including phenoxy) is 1. The largest absolute Gasteiger partial charge is 0.389 e. The van der Waals surface area contributed by atoms with Crippen molar-refractivity contribution in [2.45, 2.75) is 57.3 Å². The Labute approximate surface area is 122 Å². The van der Waals surface area contributed by atoms with E-state index in [-0.39, 0.29) is 5.60 Å². The number of nitrogens with two attached hydrogens (primary N) is 1. The van der Waals surface area contributed by atoms with Gasteiger partial charge in [-0.1, -0.05) is 37.3 Å². The van der Waals surface area contributed by atoms with Crippen molar-refractivity contribution in [3.8, 4) is 0 Å². The maximum atomic E-state index is 10.7. The van der Waals surface area contributed by atoms with Crippen LogP contribution in [0.1, 0.15) is 45.1 Å². The summed E-state index contributed by atoms with van der Waals surface area (Å²) in [6.45, 7) is 6.88. The Hall–Kier alpha value is -0.900. The van der Waals surface area contributed by atoms with Gasteiger partial charge in [-0.15, -0.1) is 0 Å².